The van der Waals surface area contributed by atoms with Crippen LogP contribution < -0.4 is 0 Å². The quantitative estimate of drug-likeness (QED) is 0.866. The van der Waals surface area contributed by atoms with E-state index in [4.69, 9.17) is 4.74 Å². The third-order valence-corrected chi connectivity index (χ3v) is 4.80. The van der Waals surface area contributed by atoms with Crippen LogP contribution in [0.4, 0.5) is 0 Å². The minimum Gasteiger partial charge on any atom is -0.368 e. The van der Waals surface area contributed by atoms with Crippen LogP contribution in [0, 0.1) is 0 Å². The fourth-order valence-corrected chi connectivity index (χ4v) is 3.61. The summed E-state index contributed by atoms with van der Waals surface area (Å²) in [5.41, 5.74) is 2.54. The molecule has 5 heteroatoms. The number of benzene rings is 1. The van der Waals surface area contributed by atoms with Crippen LogP contribution >= 0.6 is 0 Å². The minimum absolute atomic E-state index is 0.264. The maximum absolute atomic E-state index is 6.02. The van der Waals surface area contributed by atoms with Crippen molar-refractivity contribution in [2.45, 2.75) is 38.0 Å². The smallest absolute Gasteiger partial charge is 0.0932 e. The molecule has 1 saturated heterocycles. The highest BCUT2D eigenvalue weighted by atomic mass is 16.5. The van der Waals surface area contributed by atoms with Gasteiger partial charge in [0.1, 0.15) is 0 Å². The number of hydrogen-bond acceptors (Lipinski definition) is 4. The van der Waals surface area contributed by atoms with Gasteiger partial charge in [-0.1, -0.05) is 35.5 Å². The molecular weight excluding hydrogens is 276 g/mol. The molecule has 0 saturated carbocycles. The molecule has 1 aromatic carbocycles. The van der Waals surface area contributed by atoms with E-state index in [9.17, 15) is 0 Å². The van der Waals surface area contributed by atoms with Crippen molar-refractivity contribution in [1.29, 1.82) is 0 Å². The zero-order chi connectivity index (χ0) is 14.8. The molecule has 0 amide bonds. The summed E-state index contributed by atoms with van der Waals surface area (Å²) in [6.07, 6.45) is 5.55. The highest BCUT2D eigenvalue weighted by Gasteiger charge is 2.35. The fraction of sp³-hybridized carbons (Fsp3) is 0.529. The Labute approximate surface area is 130 Å². The zero-order valence-electron chi connectivity index (χ0n) is 12.8. The molecule has 2 atom stereocenters. The first-order chi connectivity index (χ1) is 10.9. The van der Waals surface area contributed by atoms with E-state index >= 15 is 0 Å². The van der Waals surface area contributed by atoms with Crippen LogP contribution in [0.3, 0.4) is 0 Å². The third-order valence-electron chi connectivity index (χ3n) is 4.80. The number of nitrogens with zero attached hydrogens (tertiary/aromatic N) is 4. The van der Waals surface area contributed by atoms with Crippen molar-refractivity contribution in [3.63, 3.8) is 0 Å². The SMILES string of the molecule is c1ccc(CCCN2CC[C@H]3[C@H](C2)OCc2cnnn23)cc1. The summed E-state index contributed by atoms with van der Waals surface area (Å²) < 4.78 is 8.10. The van der Waals surface area contributed by atoms with Crippen molar-refractivity contribution in [2.75, 3.05) is 19.6 Å². The molecule has 0 spiro atoms. The summed E-state index contributed by atoms with van der Waals surface area (Å²) >= 11 is 0. The summed E-state index contributed by atoms with van der Waals surface area (Å²) in [6.45, 7) is 3.93. The van der Waals surface area contributed by atoms with Gasteiger partial charge >= 0.3 is 0 Å². The standard InChI is InChI=1S/C17H22N4O/c1-2-5-14(6-3-1)7-4-9-20-10-8-16-17(12-20)22-13-15-11-18-19-21(15)16/h1-3,5-6,11,16-17H,4,7-10,12-13H2/t16-,17-/m0/s1. The highest BCUT2D eigenvalue weighted by molar-refractivity contribution is 5.14. The van der Waals surface area contributed by atoms with E-state index in [-0.39, 0.29) is 6.10 Å². The second-order valence-corrected chi connectivity index (χ2v) is 6.27. The van der Waals surface area contributed by atoms with Crippen molar-refractivity contribution in [3.8, 4) is 0 Å². The van der Waals surface area contributed by atoms with Crippen molar-refractivity contribution < 1.29 is 4.74 Å². The van der Waals surface area contributed by atoms with Gasteiger partial charge in [-0.3, -0.25) is 0 Å². The molecule has 2 aromatic rings. The number of fused-ring (bicyclic) bond motifs is 3. The molecule has 0 radical (unpaired) electrons. The molecular formula is C17H22N4O. The number of likely N-dealkylation sites (tertiary alicyclic amines) is 1. The maximum atomic E-state index is 6.02. The van der Waals surface area contributed by atoms with Gasteiger partial charge in [-0.05, 0) is 31.4 Å². The van der Waals surface area contributed by atoms with Gasteiger partial charge in [-0.2, -0.15) is 0 Å². The van der Waals surface area contributed by atoms with Gasteiger partial charge in [0.25, 0.3) is 0 Å². The van der Waals surface area contributed by atoms with Crippen LogP contribution in [0.1, 0.15) is 30.1 Å². The molecule has 1 aromatic heterocycles. The van der Waals surface area contributed by atoms with Gasteiger partial charge in [0, 0.05) is 13.1 Å². The lowest BCUT2D eigenvalue weighted by atomic mass is 9.99. The van der Waals surface area contributed by atoms with E-state index in [1.54, 1.807) is 0 Å². The Kier molecular flexibility index (Phi) is 3.91. The van der Waals surface area contributed by atoms with Gasteiger partial charge in [0.05, 0.1) is 30.6 Å². The minimum atomic E-state index is 0.264. The van der Waals surface area contributed by atoms with E-state index < -0.39 is 0 Å². The average molecular weight is 298 g/mol. The predicted molar refractivity (Wildman–Crippen MR) is 83.5 cm³/mol. The summed E-state index contributed by atoms with van der Waals surface area (Å²) in [4.78, 5) is 2.53. The van der Waals surface area contributed by atoms with Gasteiger partial charge < -0.3 is 9.64 Å². The Balaban J connectivity index is 1.30. The number of aryl methyl sites for hydroxylation is 1. The van der Waals surface area contributed by atoms with Crippen LogP contribution in [0.2, 0.25) is 0 Å². The van der Waals surface area contributed by atoms with E-state index in [2.05, 4.69) is 50.2 Å². The normalized spacial score (nSPS) is 24.7. The van der Waals surface area contributed by atoms with Crippen molar-refractivity contribution in [1.82, 2.24) is 19.9 Å². The predicted octanol–water partition coefficient (Wildman–Crippen LogP) is 2.06. The number of aromatic nitrogens is 3. The first-order valence-corrected chi connectivity index (χ1v) is 8.17. The van der Waals surface area contributed by atoms with Crippen LogP contribution in [-0.2, 0) is 17.8 Å². The first kappa shape index (κ1) is 13.9. The molecule has 2 aliphatic heterocycles. The number of rotatable bonds is 4. The first-order valence-electron chi connectivity index (χ1n) is 8.17. The lowest BCUT2D eigenvalue weighted by Crippen LogP contribution is -2.48. The monoisotopic (exact) mass is 298 g/mol. The third kappa shape index (κ3) is 2.78. The van der Waals surface area contributed by atoms with Gasteiger partial charge in [0.15, 0.2) is 0 Å². The fourth-order valence-electron chi connectivity index (χ4n) is 3.61. The molecule has 3 heterocycles. The molecule has 0 N–H and O–H groups in total. The Bertz CT molecular complexity index is 612. The van der Waals surface area contributed by atoms with E-state index in [0.29, 0.717) is 12.6 Å². The van der Waals surface area contributed by atoms with Crippen LogP contribution in [0.15, 0.2) is 36.5 Å². The van der Waals surface area contributed by atoms with Crippen LogP contribution in [0.25, 0.3) is 0 Å². The molecule has 22 heavy (non-hydrogen) atoms. The second kappa shape index (κ2) is 6.18. The number of hydrogen-bond donors (Lipinski definition) is 0. The van der Waals surface area contributed by atoms with Crippen LogP contribution in [-0.4, -0.2) is 45.6 Å². The summed E-state index contributed by atoms with van der Waals surface area (Å²) in [7, 11) is 0. The molecule has 0 aliphatic carbocycles. The number of ether oxygens (including phenoxy) is 1. The Hall–Kier alpha value is -1.72. The largest absolute Gasteiger partial charge is 0.368 e. The van der Waals surface area contributed by atoms with Crippen molar-refractivity contribution in [3.05, 3.63) is 47.8 Å². The lowest BCUT2D eigenvalue weighted by Gasteiger charge is -2.41. The van der Waals surface area contributed by atoms with E-state index in [1.165, 1.54) is 12.0 Å². The Morgan fingerprint density at radius 2 is 2.14 bits per heavy atom. The van der Waals surface area contributed by atoms with Gasteiger partial charge in [-0.15, -0.1) is 5.10 Å². The molecule has 2 aliphatic rings. The Morgan fingerprint density at radius 1 is 1.23 bits per heavy atom. The van der Waals surface area contributed by atoms with Crippen LogP contribution in [0.5, 0.6) is 0 Å². The topological polar surface area (TPSA) is 43.2 Å². The average Bonchev–Trinajstić information content (AvgIpc) is 3.04. The number of piperidine rings is 1. The van der Waals surface area contributed by atoms with Crippen molar-refractivity contribution >= 4 is 0 Å². The molecule has 116 valence electrons. The Morgan fingerprint density at radius 3 is 3.05 bits per heavy atom. The lowest BCUT2D eigenvalue weighted by molar-refractivity contribution is -0.0688. The molecule has 1 fully saturated rings. The summed E-state index contributed by atoms with van der Waals surface area (Å²) in [6, 6.07) is 11.1. The van der Waals surface area contributed by atoms with Gasteiger partial charge in [-0.25, -0.2) is 4.68 Å². The summed E-state index contributed by atoms with van der Waals surface area (Å²) in [5.74, 6) is 0. The van der Waals surface area contributed by atoms with Gasteiger partial charge in [0.2, 0.25) is 0 Å². The van der Waals surface area contributed by atoms with E-state index in [0.717, 1.165) is 38.2 Å². The second-order valence-electron chi connectivity index (χ2n) is 6.27. The maximum Gasteiger partial charge on any atom is 0.0932 e. The molecule has 0 unspecified atom stereocenters. The molecule has 4 rings (SSSR count). The zero-order valence-corrected chi connectivity index (χ0v) is 12.8. The van der Waals surface area contributed by atoms with E-state index in [1.807, 2.05) is 6.20 Å². The molecule has 0 bridgehead atoms. The highest BCUT2D eigenvalue weighted by Crippen LogP contribution is 2.30. The van der Waals surface area contributed by atoms with Crippen molar-refractivity contribution in [2.24, 2.45) is 0 Å². The summed E-state index contributed by atoms with van der Waals surface area (Å²) in [5, 5.41) is 8.25. The molecule has 5 nitrogen and oxygen atoms in total.